The van der Waals surface area contributed by atoms with Gasteiger partial charge < -0.3 is 4.90 Å². The van der Waals surface area contributed by atoms with Crippen LogP contribution in [-0.2, 0) is 4.79 Å². The molecule has 3 saturated heterocycles. The third-order valence-electron chi connectivity index (χ3n) is 5.58. The molecule has 0 N–H and O–H groups in total. The highest BCUT2D eigenvalue weighted by molar-refractivity contribution is 5.88. The molecule has 4 atom stereocenters. The lowest BCUT2D eigenvalue weighted by Crippen LogP contribution is -2.63. The van der Waals surface area contributed by atoms with Gasteiger partial charge in [-0.05, 0) is 50.1 Å². The Balaban J connectivity index is 1.62. The van der Waals surface area contributed by atoms with Crippen LogP contribution >= 0.6 is 0 Å². The number of amides is 1. The number of piperidine rings is 3. The number of fused-ring (bicyclic) bond motifs is 6. The lowest BCUT2D eigenvalue weighted by atomic mass is 9.71. The van der Waals surface area contributed by atoms with E-state index >= 15 is 0 Å². The molecule has 18 heavy (non-hydrogen) atoms. The van der Waals surface area contributed by atoms with Crippen LogP contribution in [0, 0.1) is 11.8 Å². The lowest BCUT2D eigenvalue weighted by Gasteiger charge is -2.56. The average Bonchev–Trinajstić information content (AvgIpc) is 2.40. The standard InChI is InChI=1S/C15H22N2O/c18-15-6-3-5-14-11-8-12(10-17(14)15)13-4-1-2-7-16(13)9-11/h3,6,11-14H,1-2,4-5,7-10H2/t11-,12+,13+,14?/m1/s1. The minimum Gasteiger partial charge on any atom is -0.335 e. The summed E-state index contributed by atoms with van der Waals surface area (Å²) in [5.41, 5.74) is 0. The monoisotopic (exact) mass is 246 g/mol. The van der Waals surface area contributed by atoms with Gasteiger partial charge in [0.15, 0.2) is 0 Å². The first-order valence-electron chi connectivity index (χ1n) is 7.54. The van der Waals surface area contributed by atoms with Crippen LogP contribution in [0.15, 0.2) is 12.2 Å². The van der Waals surface area contributed by atoms with Crippen LogP contribution in [0.3, 0.4) is 0 Å². The van der Waals surface area contributed by atoms with Crippen LogP contribution in [0.25, 0.3) is 0 Å². The lowest BCUT2D eigenvalue weighted by molar-refractivity contribution is -0.139. The van der Waals surface area contributed by atoms with E-state index in [0.717, 1.165) is 30.8 Å². The third kappa shape index (κ3) is 1.56. The fourth-order valence-corrected chi connectivity index (χ4v) is 4.79. The molecule has 0 saturated carbocycles. The summed E-state index contributed by atoms with van der Waals surface area (Å²) in [4.78, 5) is 17.0. The van der Waals surface area contributed by atoms with Gasteiger partial charge in [0.2, 0.25) is 5.91 Å². The van der Waals surface area contributed by atoms with Gasteiger partial charge in [-0.25, -0.2) is 0 Å². The summed E-state index contributed by atoms with van der Waals surface area (Å²) in [7, 11) is 0. The van der Waals surface area contributed by atoms with Crippen LogP contribution in [0.1, 0.15) is 32.1 Å². The van der Waals surface area contributed by atoms with E-state index in [1.807, 2.05) is 0 Å². The number of rotatable bonds is 0. The number of hydrogen-bond acceptors (Lipinski definition) is 2. The van der Waals surface area contributed by atoms with Crippen molar-refractivity contribution in [2.24, 2.45) is 11.8 Å². The van der Waals surface area contributed by atoms with Crippen LogP contribution in [-0.4, -0.2) is 47.4 Å². The molecule has 0 spiro atoms. The second kappa shape index (κ2) is 4.09. The Morgan fingerprint density at radius 3 is 2.94 bits per heavy atom. The molecule has 3 fully saturated rings. The number of carbonyl (C=O) groups excluding carboxylic acids is 1. The quantitative estimate of drug-likeness (QED) is 0.649. The zero-order valence-corrected chi connectivity index (χ0v) is 10.9. The molecule has 4 aliphatic rings. The van der Waals surface area contributed by atoms with Crippen LogP contribution in [0.2, 0.25) is 0 Å². The first-order chi connectivity index (χ1) is 8.83. The van der Waals surface area contributed by atoms with Crippen molar-refractivity contribution in [3.8, 4) is 0 Å². The minimum atomic E-state index is 0.269. The summed E-state index contributed by atoms with van der Waals surface area (Å²) >= 11 is 0. The number of carbonyl (C=O) groups is 1. The molecule has 4 heterocycles. The van der Waals surface area contributed by atoms with Crippen molar-refractivity contribution in [2.75, 3.05) is 19.6 Å². The van der Waals surface area contributed by atoms with E-state index < -0.39 is 0 Å². The Bertz CT molecular complexity index is 392. The van der Waals surface area contributed by atoms with Crippen LogP contribution in [0.5, 0.6) is 0 Å². The van der Waals surface area contributed by atoms with Crippen LogP contribution < -0.4 is 0 Å². The minimum absolute atomic E-state index is 0.269. The molecule has 0 aromatic heterocycles. The first kappa shape index (κ1) is 11.0. The third-order valence-corrected chi connectivity index (χ3v) is 5.58. The van der Waals surface area contributed by atoms with Gasteiger partial charge in [-0.2, -0.15) is 0 Å². The molecule has 1 unspecified atom stereocenters. The zero-order chi connectivity index (χ0) is 12.1. The molecule has 4 aliphatic heterocycles. The van der Waals surface area contributed by atoms with Crippen molar-refractivity contribution in [1.29, 1.82) is 0 Å². The Kier molecular flexibility index (Phi) is 2.51. The molecular weight excluding hydrogens is 224 g/mol. The topological polar surface area (TPSA) is 23.6 Å². The SMILES string of the molecule is O=C1C=CCC2[C@@H]3C[C@@H](CN12)[C@@H]1CCCCN1C3. The van der Waals surface area contributed by atoms with E-state index in [1.165, 1.54) is 38.8 Å². The summed E-state index contributed by atoms with van der Waals surface area (Å²) < 4.78 is 0. The van der Waals surface area contributed by atoms with E-state index in [1.54, 1.807) is 6.08 Å². The highest BCUT2D eigenvalue weighted by Gasteiger charge is 2.47. The molecule has 0 aliphatic carbocycles. The average molecular weight is 246 g/mol. The van der Waals surface area contributed by atoms with Gasteiger partial charge in [-0.3, -0.25) is 9.69 Å². The largest absolute Gasteiger partial charge is 0.335 e. The number of nitrogens with zero attached hydrogens (tertiary/aromatic N) is 2. The molecule has 0 radical (unpaired) electrons. The molecule has 0 aromatic carbocycles. The van der Waals surface area contributed by atoms with E-state index in [4.69, 9.17) is 0 Å². The highest BCUT2D eigenvalue weighted by atomic mass is 16.2. The van der Waals surface area contributed by atoms with Crippen molar-refractivity contribution < 1.29 is 4.79 Å². The molecule has 4 rings (SSSR count). The highest BCUT2D eigenvalue weighted by Crippen LogP contribution is 2.41. The van der Waals surface area contributed by atoms with Gasteiger partial charge in [0.1, 0.15) is 0 Å². The van der Waals surface area contributed by atoms with E-state index in [2.05, 4.69) is 15.9 Å². The molecule has 0 aromatic rings. The molecule has 3 heteroatoms. The molecular formula is C15H22N2O. The maximum Gasteiger partial charge on any atom is 0.246 e. The van der Waals surface area contributed by atoms with Crippen LogP contribution in [0.4, 0.5) is 0 Å². The van der Waals surface area contributed by atoms with Gasteiger partial charge in [0.05, 0.1) is 0 Å². The summed E-state index contributed by atoms with van der Waals surface area (Å²) in [6, 6.07) is 1.27. The Morgan fingerprint density at radius 1 is 1.11 bits per heavy atom. The first-order valence-corrected chi connectivity index (χ1v) is 7.54. The summed E-state index contributed by atoms with van der Waals surface area (Å²) in [6.07, 6.45) is 10.5. The van der Waals surface area contributed by atoms with Gasteiger partial charge >= 0.3 is 0 Å². The van der Waals surface area contributed by atoms with Crippen molar-refractivity contribution >= 4 is 5.91 Å². The van der Waals surface area contributed by atoms with Gasteiger partial charge in [-0.15, -0.1) is 0 Å². The Hall–Kier alpha value is -0.830. The fourth-order valence-electron chi connectivity index (χ4n) is 4.79. The van der Waals surface area contributed by atoms with E-state index in [9.17, 15) is 4.79 Å². The fraction of sp³-hybridized carbons (Fsp3) is 0.800. The van der Waals surface area contributed by atoms with Gasteiger partial charge in [0.25, 0.3) is 0 Å². The van der Waals surface area contributed by atoms with Crippen molar-refractivity contribution in [3.63, 3.8) is 0 Å². The maximum atomic E-state index is 12.0. The Labute approximate surface area is 109 Å². The van der Waals surface area contributed by atoms with Crippen molar-refractivity contribution in [1.82, 2.24) is 9.80 Å². The smallest absolute Gasteiger partial charge is 0.246 e. The van der Waals surface area contributed by atoms with E-state index in [-0.39, 0.29) is 5.91 Å². The van der Waals surface area contributed by atoms with Crippen molar-refractivity contribution in [2.45, 2.75) is 44.2 Å². The molecule has 3 nitrogen and oxygen atoms in total. The normalized spacial score (nSPS) is 43.6. The Morgan fingerprint density at radius 2 is 2.00 bits per heavy atom. The maximum absolute atomic E-state index is 12.0. The summed E-state index contributed by atoms with van der Waals surface area (Å²) in [5, 5.41) is 0. The molecule has 1 amide bonds. The summed E-state index contributed by atoms with van der Waals surface area (Å²) in [6.45, 7) is 3.56. The van der Waals surface area contributed by atoms with Crippen molar-refractivity contribution in [3.05, 3.63) is 12.2 Å². The predicted molar refractivity (Wildman–Crippen MR) is 70.1 cm³/mol. The van der Waals surface area contributed by atoms with Gasteiger partial charge in [-0.1, -0.05) is 12.5 Å². The predicted octanol–water partition coefficient (Wildman–Crippen LogP) is 1.65. The zero-order valence-electron chi connectivity index (χ0n) is 10.9. The van der Waals surface area contributed by atoms with E-state index in [0.29, 0.717) is 6.04 Å². The molecule has 98 valence electrons. The second-order valence-electron chi connectivity index (χ2n) is 6.51. The number of hydrogen-bond donors (Lipinski definition) is 0. The summed E-state index contributed by atoms with van der Waals surface area (Å²) in [5.74, 6) is 1.74. The van der Waals surface area contributed by atoms with Gasteiger partial charge in [0, 0.05) is 25.2 Å². The second-order valence-corrected chi connectivity index (χ2v) is 6.51. The molecule has 2 bridgehead atoms.